The first-order valence-corrected chi connectivity index (χ1v) is 12.0. The van der Waals surface area contributed by atoms with Crippen molar-refractivity contribution in [1.29, 1.82) is 5.26 Å². The summed E-state index contributed by atoms with van der Waals surface area (Å²) in [5.41, 5.74) is 3.00. The predicted octanol–water partition coefficient (Wildman–Crippen LogP) is 4.38. The molecule has 0 aromatic carbocycles. The van der Waals surface area contributed by atoms with Gasteiger partial charge in [0.15, 0.2) is 11.5 Å². The third-order valence-electron chi connectivity index (χ3n) is 5.96. The summed E-state index contributed by atoms with van der Waals surface area (Å²) in [5, 5.41) is 16.1. The molecule has 5 heterocycles. The quantitative estimate of drug-likeness (QED) is 0.390. The summed E-state index contributed by atoms with van der Waals surface area (Å²) in [7, 11) is 0. The van der Waals surface area contributed by atoms with Crippen molar-refractivity contribution in [2.45, 2.75) is 38.8 Å². The van der Waals surface area contributed by atoms with E-state index in [0.29, 0.717) is 22.4 Å². The number of piperidine rings is 1. The molecule has 0 radical (unpaired) electrons. The number of hydrogen-bond acceptors (Lipinski definition) is 9. The van der Waals surface area contributed by atoms with Crippen molar-refractivity contribution in [1.82, 2.24) is 29.5 Å². The van der Waals surface area contributed by atoms with Crippen LogP contribution in [0.15, 0.2) is 43.1 Å². The van der Waals surface area contributed by atoms with Gasteiger partial charge in [-0.1, -0.05) is 18.5 Å². The third kappa shape index (κ3) is 5.10. The maximum absolute atomic E-state index is 8.95. The van der Waals surface area contributed by atoms with E-state index in [2.05, 4.69) is 53.4 Å². The molecule has 1 aliphatic rings. The third-order valence-corrected chi connectivity index (χ3v) is 6.23. The van der Waals surface area contributed by atoms with E-state index in [-0.39, 0.29) is 6.04 Å². The highest BCUT2D eigenvalue weighted by molar-refractivity contribution is 6.32. The monoisotopic (exact) mass is 488 g/mol. The van der Waals surface area contributed by atoms with Crippen LogP contribution in [0.1, 0.15) is 31.7 Å². The molecule has 10 nitrogen and oxygen atoms in total. The van der Waals surface area contributed by atoms with E-state index in [1.54, 1.807) is 24.7 Å². The minimum atomic E-state index is 0.227. The number of imidazole rings is 1. The molecule has 0 bridgehead atoms. The number of halogens is 1. The first-order valence-electron chi connectivity index (χ1n) is 11.6. The highest BCUT2D eigenvalue weighted by Gasteiger charge is 2.21. The second kappa shape index (κ2) is 10.1. The number of rotatable bonds is 7. The predicted molar refractivity (Wildman–Crippen MR) is 136 cm³/mol. The lowest BCUT2D eigenvalue weighted by Gasteiger charge is -2.33. The second-order valence-electron chi connectivity index (χ2n) is 8.44. The molecule has 1 aliphatic heterocycles. The highest BCUT2D eigenvalue weighted by Crippen LogP contribution is 2.26. The van der Waals surface area contributed by atoms with Gasteiger partial charge in [0.05, 0.1) is 30.0 Å². The second-order valence-corrected chi connectivity index (χ2v) is 8.85. The number of fused-ring (bicyclic) bond motifs is 1. The normalized spacial score (nSPS) is 14.1. The van der Waals surface area contributed by atoms with Crippen molar-refractivity contribution >= 4 is 46.0 Å². The van der Waals surface area contributed by atoms with Gasteiger partial charge in [0.25, 0.3) is 0 Å². The van der Waals surface area contributed by atoms with Crippen LogP contribution in [0.3, 0.4) is 0 Å². The molecule has 0 spiro atoms. The van der Waals surface area contributed by atoms with Crippen LogP contribution in [0.4, 0.5) is 23.3 Å². The van der Waals surface area contributed by atoms with Gasteiger partial charge in [-0.3, -0.25) is 0 Å². The molecule has 0 unspecified atom stereocenters. The standard InChI is InChI=1S/C24H25ClN10/c1-2-7-35-15-30-20-10-18(13-28-23(20)35)32-24-29-14-19(25)22(33-24)31-17-5-8-34(9-6-17)21-4-3-16(11-26)12-27-21/h3-4,10,12-15,17H,2,5-9H2,1H3,(H2,29,31,32,33). The fourth-order valence-corrected chi connectivity index (χ4v) is 4.31. The van der Waals surface area contributed by atoms with E-state index < -0.39 is 0 Å². The zero-order chi connectivity index (χ0) is 24.2. The fraction of sp³-hybridized carbons (Fsp3) is 0.333. The van der Waals surface area contributed by atoms with Crippen molar-refractivity contribution in [3.05, 3.63) is 53.7 Å². The van der Waals surface area contributed by atoms with E-state index >= 15 is 0 Å². The van der Waals surface area contributed by atoms with Crippen LogP contribution < -0.4 is 15.5 Å². The number of pyridine rings is 2. The Morgan fingerprint density at radius 1 is 1.11 bits per heavy atom. The zero-order valence-electron chi connectivity index (χ0n) is 19.3. The molecule has 178 valence electrons. The lowest BCUT2D eigenvalue weighted by Crippen LogP contribution is -2.39. The van der Waals surface area contributed by atoms with Crippen molar-refractivity contribution in [3.8, 4) is 6.07 Å². The highest BCUT2D eigenvalue weighted by atomic mass is 35.5. The summed E-state index contributed by atoms with van der Waals surface area (Å²) in [5.74, 6) is 1.92. The topological polar surface area (TPSA) is 120 Å². The average molecular weight is 489 g/mol. The van der Waals surface area contributed by atoms with E-state index in [1.807, 2.05) is 23.0 Å². The summed E-state index contributed by atoms with van der Waals surface area (Å²) in [6.07, 6.45) is 9.61. The molecule has 5 rings (SSSR count). The number of aromatic nitrogens is 6. The van der Waals surface area contributed by atoms with Crippen molar-refractivity contribution < 1.29 is 0 Å². The van der Waals surface area contributed by atoms with Gasteiger partial charge in [0.1, 0.15) is 22.4 Å². The maximum atomic E-state index is 8.95. The summed E-state index contributed by atoms with van der Waals surface area (Å²) in [4.78, 5) is 24.5. The Kier molecular flexibility index (Phi) is 6.59. The minimum absolute atomic E-state index is 0.227. The first kappa shape index (κ1) is 22.8. The molecule has 2 N–H and O–H groups in total. The summed E-state index contributed by atoms with van der Waals surface area (Å²) in [6, 6.07) is 7.96. The molecular weight excluding hydrogens is 464 g/mol. The lowest BCUT2D eigenvalue weighted by molar-refractivity contribution is 0.522. The molecule has 1 fully saturated rings. The minimum Gasteiger partial charge on any atom is -0.366 e. The van der Waals surface area contributed by atoms with Crippen molar-refractivity contribution in [2.75, 3.05) is 28.6 Å². The molecule has 4 aromatic heterocycles. The SMILES string of the molecule is CCCn1cnc2cc(Nc3ncc(Cl)c(NC4CCN(c5ccc(C#N)cn5)CC4)n3)cnc21. The number of anilines is 4. The van der Waals surface area contributed by atoms with E-state index in [0.717, 1.165) is 61.6 Å². The van der Waals surface area contributed by atoms with Crippen LogP contribution in [0.5, 0.6) is 0 Å². The van der Waals surface area contributed by atoms with E-state index in [1.165, 1.54) is 0 Å². The maximum Gasteiger partial charge on any atom is 0.229 e. The first-order chi connectivity index (χ1) is 17.1. The van der Waals surface area contributed by atoms with Crippen LogP contribution in [0.25, 0.3) is 11.2 Å². The molecule has 0 aliphatic carbocycles. The Labute approximate surface area is 208 Å². The number of hydrogen-bond donors (Lipinski definition) is 2. The Hall–Kier alpha value is -3.97. The molecule has 0 amide bonds. The van der Waals surface area contributed by atoms with Gasteiger partial charge in [-0.05, 0) is 37.5 Å². The Morgan fingerprint density at radius 2 is 1.97 bits per heavy atom. The number of nitrogens with one attached hydrogen (secondary N) is 2. The van der Waals surface area contributed by atoms with Gasteiger partial charge in [-0.25, -0.2) is 19.9 Å². The van der Waals surface area contributed by atoms with Crippen LogP contribution in [0, 0.1) is 11.3 Å². The van der Waals surface area contributed by atoms with Gasteiger partial charge in [0, 0.05) is 31.9 Å². The smallest absolute Gasteiger partial charge is 0.229 e. The Bertz CT molecular complexity index is 1350. The van der Waals surface area contributed by atoms with Gasteiger partial charge < -0.3 is 20.1 Å². The number of nitrogens with zero attached hydrogens (tertiary/aromatic N) is 8. The molecule has 35 heavy (non-hydrogen) atoms. The molecule has 4 aromatic rings. The lowest BCUT2D eigenvalue weighted by atomic mass is 10.0. The van der Waals surface area contributed by atoms with Crippen LogP contribution in [-0.2, 0) is 6.54 Å². The van der Waals surface area contributed by atoms with Crippen LogP contribution in [0.2, 0.25) is 5.02 Å². The van der Waals surface area contributed by atoms with Gasteiger partial charge >= 0.3 is 0 Å². The van der Waals surface area contributed by atoms with E-state index in [4.69, 9.17) is 16.9 Å². The van der Waals surface area contributed by atoms with Crippen molar-refractivity contribution in [3.63, 3.8) is 0 Å². The molecule has 1 saturated heterocycles. The molecular formula is C24H25ClN10. The van der Waals surface area contributed by atoms with Crippen LogP contribution in [-0.4, -0.2) is 48.6 Å². The Morgan fingerprint density at radius 3 is 2.71 bits per heavy atom. The number of aryl methyl sites for hydroxylation is 1. The zero-order valence-corrected chi connectivity index (χ0v) is 20.1. The average Bonchev–Trinajstić information content (AvgIpc) is 3.29. The van der Waals surface area contributed by atoms with Crippen molar-refractivity contribution in [2.24, 2.45) is 0 Å². The Balaban J connectivity index is 1.23. The van der Waals surface area contributed by atoms with Gasteiger partial charge in [0.2, 0.25) is 5.95 Å². The molecule has 0 saturated carbocycles. The van der Waals surface area contributed by atoms with E-state index in [9.17, 15) is 0 Å². The summed E-state index contributed by atoms with van der Waals surface area (Å²) in [6.45, 7) is 4.71. The molecule has 11 heteroatoms. The summed E-state index contributed by atoms with van der Waals surface area (Å²) >= 11 is 6.39. The summed E-state index contributed by atoms with van der Waals surface area (Å²) < 4.78 is 2.04. The van der Waals surface area contributed by atoms with Crippen LogP contribution >= 0.6 is 11.6 Å². The fourth-order valence-electron chi connectivity index (χ4n) is 4.16. The molecule has 0 atom stereocenters. The van der Waals surface area contributed by atoms with Gasteiger partial charge in [-0.15, -0.1) is 0 Å². The number of nitriles is 1. The van der Waals surface area contributed by atoms with Gasteiger partial charge in [-0.2, -0.15) is 10.2 Å². The largest absolute Gasteiger partial charge is 0.366 e.